The summed E-state index contributed by atoms with van der Waals surface area (Å²) in [6.07, 6.45) is 3.81. The number of nitrogens with zero attached hydrogens (tertiary/aromatic N) is 2. The quantitative estimate of drug-likeness (QED) is 0.869. The second kappa shape index (κ2) is 6.06. The van der Waals surface area contributed by atoms with E-state index < -0.39 is 0 Å². The molecule has 0 aromatic carbocycles. The van der Waals surface area contributed by atoms with Crippen LogP contribution in [0.5, 0.6) is 0 Å². The lowest BCUT2D eigenvalue weighted by molar-refractivity contribution is 0.485. The van der Waals surface area contributed by atoms with E-state index in [2.05, 4.69) is 29.5 Å². The highest BCUT2D eigenvalue weighted by atomic mass is 16.3. The van der Waals surface area contributed by atoms with E-state index in [-0.39, 0.29) is 6.04 Å². The maximum absolute atomic E-state index is 5.44. The Morgan fingerprint density at radius 2 is 2.21 bits per heavy atom. The van der Waals surface area contributed by atoms with Crippen LogP contribution in [0.25, 0.3) is 0 Å². The molecule has 0 bridgehead atoms. The fourth-order valence-electron chi connectivity index (χ4n) is 2.43. The van der Waals surface area contributed by atoms with Gasteiger partial charge < -0.3 is 9.73 Å². The van der Waals surface area contributed by atoms with Crippen molar-refractivity contribution < 1.29 is 4.42 Å². The second-order valence-electron chi connectivity index (χ2n) is 5.04. The molecule has 1 unspecified atom stereocenters. The maximum atomic E-state index is 5.44. The molecule has 0 fully saturated rings. The number of aryl methyl sites for hydroxylation is 3. The van der Waals surface area contributed by atoms with Gasteiger partial charge in [0.25, 0.3) is 0 Å². The molecule has 1 N–H and O–H groups in total. The Morgan fingerprint density at radius 3 is 2.74 bits per heavy atom. The van der Waals surface area contributed by atoms with E-state index in [1.165, 1.54) is 11.3 Å². The predicted octanol–water partition coefficient (Wildman–Crippen LogP) is 2.91. The summed E-state index contributed by atoms with van der Waals surface area (Å²) >= 11 is 0. The van der Waals surface area contributed by atoms with E-state index in [0.29, 0.717) is 0 Å². The summed E-state index contributed by atoms with van der Waals surface area (Å²) in [6, 6.07) is 4.50. The lowest BCUT2D eigenvalue weighted by Crippen LogP contribution is -2.25. The molecule has 2 heterocycles. The van der Waals surface area contributed by atoms with Crippen molar-refractivity contribution in [2.75, 3.05) is 6.54 Å². The highest BCUT2D eigenvalue weighted by molar-refractivity contribution is 5.23. The molecule has 1 atom stereocenters. The Hall–Kier alpha value is -1.55. The first kappa shape index (κ1) is 13.9. The van der Waals surface area contributed by atoms with Crippen molar-refractivity contribution in [3.63, 3.8) is 0 Å². The Balaban J connectivity index is 2.19. The van der Waals surface area contributed by atoms with Crippen LogP contribution in [0.15, 0.2) is 22.8 Å². The molecule has 0 spiro atoms. The topological polar surface area (TPSA) is 43.0 Å². The molecule has 0 radical (unpaired) electrons. The Bertz CT molecular complexity index is 527. The largest absolute Gasteiger partial charge is 0.469 e. The van der Waals surface area contributed by atoms with Crippen molar-refractivity contribution in [3.05, 3.63) is 41.1 Å². The van der Waals surface area contributed by atoms with Crippen LogP contribution in [-0.2, 0) is 13.5 Å². The molecule has 0 aliphatic heterocycles. The van der Waals surface area contributed by atoms with Crippen molar-refractivity contribution in [1.82, 2.24) is 15.1 Å². The van der Waals surface area contributed by atoms with Gasteiger partial charge in [0.1, 0.15) is 5.76 Å². The van der Waals surface area contributed by atoms with E-state index in [4.69, 9.17) is 4.42 Å². The van der Waals surface area contributed by atoms with Gasteiger partial charge in [0.15, 0.2) is 0 Å². The summed E-state index contributed by atoms with van der Waals surface area (Å²) in [4.78, 5) is 0. The second-order valence-corrected chi connectivity index (χ2v) is 5.04. The van der Waals surface area contributed by atoms with Gasteiger partial charge in [-0.05, 0) is 38.9 Å². The van der Waals surface area contributed by atoms with Gasteiger partial charge in [-0.3, -0.25) is 4.68 Å². The number of nitrogens with one attached hydrogen (secondary N) is 1. The van der Waals surface area contributed by atoms with Crippen LogP contribution in [-0.4, -0.2) is 16.3 Å². The molecular weight excluding hydrogens is 238 g/mol. The monoisotopic (exact) mass is 261 g/mol. The van der Waals surface area contributed by atoms with Gasteiger partial charge in [-0.15, -0.1) is 0 Å². The number of rotatable bonds is 6. The van der Waals surface area contributed by atoms with Crippen LogP contribution in [0.3, 0.4) is 0 Å². The minimum absolute atomic E-state index is 0.286. The van der Waals surface area contributed by atoms with E-state index in [9.17, 15) is 0 Å². The third-order valence-electron chi connectivity index (χ3n) is 3.43. The van der Waals surface area contributed by atoms with Crippen molar-refractivity contribution in [2.45, 2.75) is 39.7 Å². The van der Waals surface area contributed by atoms with E-state index in [1.54, 1.807) is 6.26 Å². The molecule has 0 aliphatic carbocycles. The summed E-state index contributed by atoms with van der Waals surface area (Å²) in [5.74, 6) is 0.993. The highest BCUT2D eigenvalue weighted by Gasteiger charge is 2.17. The molecule has 19 heavy (non-hydrogen) atoms. The molecule has 0 saturated heterocycles. The average molecular weight is 261 g/mol. The fraction of sp³-hybridized carbons (Fsp3) is 0.533. The molecule has 0 amide bonds. The average Bonchev–Trinajstić information content (AvgIpc) is 2.91. The summed E-state index contributed by atoms with van der Waals surface area (Å²) in [6.45, 7) is 7.23. The van der Waals surface area contributed by atoms with Crippen LogP contribution in [0, 0.1) is 13.8 Å². The number of hydrogen-bond donors (Lipinski definition) is 1. The fourth-order valence-corrected chi connectivity index (χ4v) is 2.43. The maximum Gasteiger partial charge on any atom is 0.105 e. The van der Waals surface area contributed by atoms with Crippen molar-refractivity contribution >= 4 is 0 Å². The van der Waals surface area contributed by atoms with Crippen molar-refractivity contribution in [1.29, 1.82) is 0 Å². The standard InChI is InChI=1S/C15H23N3O/c1-5-7-16-15(14-6-8-19-12(14)3)10-13-9-11(2)17-18(13)4/h6,8-9,15-16H,5,7,10H2,1-4H3. The van der Waals surface area contributed by atoms with Gasteiger partial charge in [-0.1, -0.05) is 6.92 Å². The molecular formula is C15H23N3O. The predicted molar refractivity (Wildman–Crippen MR) is 76.1 cm³/mol. The van der Waals surface area contributed by atoms with E-state index >= 15 is 0 Å². The molecule has 4 heteroatoms. The number of aromatic nitrogens is 2. The van der Waals surface area contributed by atoms with Gasteiger partial charge in [-0.2, -0.15) is 5.10 Å². The highest BCUT2D eigenvalue weighted by Crippen LogP contribution is 2.23. The zero-order valence-electron chi connectivity index (χ0n) is 12.2. The van der Waals surface area contributed by atoms with E-state index in [0.717, 1.165) is 30.8 Å². The normalized spacial score (nSPS) is 12.8. The Labute approximate surface area is 114 Å². The van der Waals surface area contributed by atoms with Crippen LogP contribution in [0.2, 0.25) is 0 Å². The minimum atomic E-state index is 0.286. The zero-order valence-corrected chi connectivity index (χ0v) is 12.2. The third-order valence-corrected chi connectivity index (χ3v) is 3.43. The summed E-state index contributed by atoms with van der Waals surface area (Å²) in [7, 11) is 2.00. The summed E-state index contributed by atoms with van der Waals surface area (Å²) in [5.41, 5.74) is 3.55. The van der Waals surface area contributed by atoms with Crippen LogP contribution in [0.1, 0.15) is 42.1 Å². The molecule has 2 aromatic rings. The molecule has 0 aliphatic rings. The van der Waals surface area contributed by atoms with Crippen LogP contribution >= 0.6 is 0 Å². The minimum Gasteiger partial charge on any atom is -0.469 e. The molecule has 2 aromatic heterocycles. The molecule has 2 rings (SSSR count). The summed E-state index contributed by atoms with van der Waals surface area (Å²) < 4.78 is 7.40. The van der Waals surface area contributed by atoms with Gasteiger partial charge in [0.2, 0.25) is 0 Å². The summed E-state index contributed by atoms with van der Waals surface area (Å²) in [5, 5.41) is 8.01. The SMILES string of the molecule is CCCNC(Cc1cc(C)nn1C)c1ccoc1C. The molecule has 0 saturated carbocycles. The first-order chi connectivity index (χ1) is 9.11. The number of furan rings is 1. The Morgan fingerprint density at radius 1 is 1.42 bits per heavy atom. The lowest BCUT2D eigenvalue weighted by Gasteiger charge is -2.18. The zero-order chi connectivity index (χ0) is 13.8. The third kappa shape index (κ3) is 3.26. The molecule has 104 valence electrons. The molecule has 4 nitrogen and oxygen atoms in total. The Kier molecular flexibility index (Phi) is 4.43. The first-order valence-corrected chi connectivity index (χ1v) is 6.88. The number of hydrogen-bond acceptors (Lipinski definition) is 3. The van der Waals surface area contributed by atoms with Gasteiger partial charge in [0, 0.05) is 30.8 Å². The lowest BCUT2D eigenvalue weighted by atomic mass is 10.0. The van der Waals surface area contributed by atoms with E-state index in [1.807, 2.05) is 25.6 Å². The van der Waals surface area contributed by atoms with Crippen LogP contribution in [0.4, 0.5) is 0 Å². The van der Waals surface area contributed by atoms with Crippen molar-refractivity contribution in [2.24, 2.45) is 7.05 Å². The van der Waals surface area contributed by atoms with Gasteiger partial charge in [-0.25, -0.2) is 0 Å². The van der Waals surface area contributed by atoms with Gasteiger partial charge >= 0.3 is 0 Å². The first-order valence-electron chi connectivity index (χ1n) is 6.88. The smallest absolute Gasteiger partial charge is 0.105 e. The van der Waals surface area contributed by atoms with Crippen molar-refractivity contribution in [3.8, 4) is 0 Å². The van der Waals surface area contributed by atoms with Gasteiger partial charge in [0.05, 0.1) is 12.0 Å². The van der Waals surface area contributed by atoms with Crippen LogP contribution < -0.4 is 5.32 Å².